The van der Waals surface area contributed by atoms with Crippen LogP contribution in [-0.4, -0.2) is 63.6 Å². The molecule has 0 bridgehead atoms. The molecule has 0 spiro atoms. The van der Waals surface area contributed by atoms with Gasteiger partial charge in [-0.3, -0.25) is 0 Å². The molecule has 2 aliphatic rings. The van der Waals surface area contributed by atoms with Crippen molar-refractivity contribution in [3.8, 4) is 0 Å². The molecular formula is C9H17NO5S2. The van der Waals surface area contributed by atoms with Crippen molar-refractivity contribution < 1.29 is 21.9 Å². The van der Waals surface area contributed by atoms with E-state index in [1.807, 2.05) is 0 Å². The van der Waals surface area contributed by atoms with Crippen molar-refractivity contribution in [1.29, 1.82) is 0 Å². The first kappa shape index (κ1) is 13.3. The van der Waals surface area contributed by atoms with Crippen molar-refractivity contribution in [3.63, 3.8) is 0 Å². The van der Waals surface area contributed by atoms with Crippen LogP contribution >= 0.6 is 0 Å². The second-order valence-corrected chi connectivity index (χ2v) is 9.31. The molecule has 0 radical (unpaired) electrons. The zero-order chi connectivity index (χ0) is 12.7. The molecule has 17 heavy (non-hydrogen) atoms. The van der Waals surface area contributed by atoms with Gasteiger partial charge >= 0.3 is 0 Å². The molecule has 100 valence electrons. The number of aliphatic hydroxyl groups is 1. The highest BCUT2D eigenvalue weighted by Crippen LogP contribution is 2.19. The highest BCUT2D eigenvalue weighted by molar-refractivity contribution is 7.92. The maximum Gasteiger partial charge on any atom is 0.154 e. The summed E-state index contributed by atoms with van der Waals surface area (Å²) in [5.41, 5.74) is 0. The quantitative estimate of drug-likeness (QED) is 0.632. The molecule has 0 saturated carbocycles. The molecule has 0 amide bonds. The number of rotatable bonds is 3. The highest BCUT2D eigenvalue weighted by atomic mass is 32.2. The van der Waals surface area contributed by atoms with Gasteiger partial charge in [0.2, 0.25) is 0 Å². The van der Waals surface area contributed by atoms with Gasteiger partial charge in [-0.1, -0.05) is 0 Å². The maximum atomic E-state index is 11.3. The van der Waals surface area contributed by atoms with Crippen LogP contribution in [0.4, 0.5) is 0 Å². The first-order valence-corrected chi connectivity index (χ1v) is 9.24. The minimum absolute atomic E-state index is 0.0375. The predicted octanol–water partition coefficient (Wildman–Crippen LogP) is -1.83. The SMILES string of the molecule is O=S1(=O)CCC(CNC2CS(=O)(=O)CC2O)C1. The van der Waals surface area contributed by atoms with Gasteiger partial charge in [0.15, 0.2) is 19.7 Å². The maximum absolute atomic E-state index is 11.3. The minimum Gasteiger partial charge on any atom is -0.390 e. The summed E-state index contributed by atoms with van der Waals surface area (Å²) in [7, 11) is -6.04. The lowest BCUT2D eigenvalue weighted by atomic mass is 10.1. The molecule has 0 aromatic rings. The highest BCUT2D eigenvalue weighted by Gasteiger charge is 2.37. The summed E-state index contributed by atoms with van der Waals surface area (Å²) in [6.45, 7) is 0.455. The van der Waals surface area contributed by atoms with E-state index in [1.54, 1.807) is 0 Å². The topological polar surface area (TPSA) is 101 Å². The Morgan fingerprint density at radius 1 is 1.06 bits per heavy atom. The normalized spacial score (nSPS) is 39.5. The van der Waals surface area contributed by atoms with E-state index in [1.165, 1.54) is 0 Å². The van der Waals surface area contributed by atoms with E-state index in [4.69, 9.17) is 0 Å². The number of sulfone groups is 2. The van der Waals surface area contributed by atoms with Crippen LogP contribution in [0.15, 0.2) is 0 Å². The van der Waals surface area contributed by atoms with Gasteiger partial charge in [-0.15, -0.1) is 0 Å². The van der Waals surface area contributed by atoms with E-state index in [0.29, 0.717) is 13.0 Å². The first-order valence-electron chi connectivity index (χ1n) is 5.60. The van der Waals surface area contributed by atoms with Crippen LogP contribution < -0.4 is 5.32 Å². The van der Waals surface area contributed by atoms with Crippen molar-refractivity contribution in [1.82, 2.24) is 5.32 Å². The predicted molar refractivity (Wildman–Crippen MR) is 63.2 cm³/mol. The Morgan fingerprint density at radius 2 is 1.76 bits per heavy atom. The van der Waals surface area contributed by atoms with Crippen LogP contribution in [0.5, 0.6) is 0 Å². The average Bonchev–Trinajstić information content (AvgIpc) is 2.63. The molecule has 0 aliphatic carbocycles. The Balaban J connectivity index is 1.84. The van der Waals surface area contributed by atoms with Gasteiger partial charge in [-0.2, -0.15) is 0 Å². The molecule has 2 fully saturated rings. The van der Waals surface area contributed by atoms with Gasteiger partial charge in [-0.25, -0.2) is 16.8 Å². The largest absolute Gasteiger partial charge is 0.390 e. The lowest BCUT2D eigenvalue weighted by Crippen LogP contribution is -2.41. The number of hydrogen-bond donors (Lipinski definition) is 2. The van der Waals surface area contributed by atoms with E-state index in [0.717, 1.165) is 0 Å². The second kappa shape index (κ2) is 4.49. The molecule has 2 saturated heterocycles. The molecule has 2 rings (SSSR count). The lowest BCUT2D eigenvalue weighted by Gasteiger charge is -2.17. The fraction of sp³-hybridized carbons (Fsp3) is 1.00. The molecule has 3 unspecified atom stereocenters. The summed E-state index contributed by atoms with van der Waals surface area (Å²) < 4.78 is 45.0. The molecule has 6 nitrogen and oxygen atoms in total. The Kier molecular flexibility index (Phi) is 3.50. The fourth-order valence-corrected chi connectivity index (χ4v) is 6.01. The molecule has 8 heteroatoms. The van der Waals surface area contributed by atoms with Crippen LogP contribution in [-0.2, 0) is 19.7 Å². The van der Waals surface area contributed by atoms with Gasteiger partial charge < -0.3 is 10.4 Å². The molecule has 0 aromatic heterocycles. The van der Waals surface area contributed by atoms with Crippen LogP contribution in [0.3, 0.4) is 0 Å². The van der Waals surface area contributed by atoms with Crippen LogP contribution in [0.1, 0.15) is 6.42 Å². The van der Waals surface area contributed by atoms with Gasteiger partial charge in [0.05, 0.1) is 29.1 Å². The Hall–Kier alpha value is -0.180. The second-order valence-electron chi connectivity index (χ2n) is 4.93. The molecule has 2 heterocycles. The fourth-order valence-electron chi connectivity index (χ4n) is 2.38. The monoisotopic (exact) mass is 283 g/mol. The van der Waals surface area contributed by atoms with Gasteiger partial charge in [0, 0.05) is 6.04 Å². The summed E-state index contributed by atoms with van der Waals surface area (Å²) in [6, 6.07) is -0.455. The van der Waals surface area contributed by atoms with Crippen molar-refractivity contribution in [2.45, 2.75) is 18.6 Å². The van der Waals surface area contributed by atoms with Crippen molar-refractivity contribution in [2.24, 2.45) is 5.92 Å². The zero-order valence-electron chi connectivity index (χ0n) is 9.37. The third-order valence-corrected chi connectivity index (χ3v) is 6.87. The van der Waals surface area contributed by atoms with E-state index in [-0.39, 0.29) is 28.9 Å². The summed E-state index contributed by atoms with van der Waals surface area (Å²) in [5, 5.41) is 12.5. The summed E-state index contributed by atoms with van der Waals surface area (Å²) >= 11 is 0. The molecule has 3 atom stereocenters. The van der Waals surface area contributed by atoms with Crippen LogP contribution in [0, 0.1) is 5.92 Å². The van der Waals surface area contributed by atoms with E-state index >= 15 is 0 Å². The van der Waals surface area contributed by atoms with E-state index in [9.17, 15) is 21.9 Å². The Morgan fingerprint density at radius 3 is 2.24 bits per heavy atom. The number of nitrogens with one attached hydrogen (secondary N) is 1. The van der Waals surface area contributed by atoms with Crippen molar-refractivity contribution in [2.75, 3.05) is 29.6 Å². The standard InChI is InChI=1S/C9H17NO5S2/c11-9-6-17(14,15)5-8(9)10-3-7-1-2-16(12,13)4-7/h7-11H,1-6H2. The van der Waals surface area contributed by atoms with E-state index < -0.39 is 31.8 Å². The van der Waals surface area contributed by atoms with Crippen molar-refractivity contribution >= 4 is 19.7 Å². The van der Waals surface area contributed by atoms with E-state index in [2.05, 4.69) is 5.32 Å². The Labute approximate surface area is 101 Å². The first-order chi connectivity index (χ1) is 7.77. The minimum atomic E-state index is -3.14. The van der Waals surface area contributed by atoms with Gasteiger partial charge in [0.25, 0.3) is 0 Å². The van der Waals surface area contributed by atoms with Crippen LogP contribution in [0.25, 0.3) is 0 Å². The third kappa shape index (κ3) is 3.40. The van der Waals surface area contributed by atoms with Crippen LogP contribution in [0.2, 0.25) is 0 Å². The van der Waals surface area contributed by atoms with Gasteiger partial charge in [0.1, 0.15) is 0 Å². The summed E-state index contributed by atoms with van der Waals surface area (Å²) in [5.74, 6) is 0.150. The zero-order valence-corrected chi connectivity index (χ0v) is 11.0. The Bertz CT molecular complexity index is 484. The smallest absolute Gasteiger partial charge is 0.154 e. The lowest BCUT2D eigenvalue weighted by molar-refractivity contribution is 0.164. The average molecular weight is 283 g/mol. The number of aliphatic hydroxyl groups excluding tert-OH is 1. The summed E-state index contributed by atoms with van der Waals surface area (Å²) in [4.78, 5) is 0. The molecular weight excluding hydrogens is 266 g/mol. The molecule has 2 N–H and O–H groups in total. The van der Waals surface area contributed by atoms with Crippen molar-refractivity contribution in [3.05, 3.63) is 0 Å². The van der Waals surface area contributed by atoms with Gasteiger partial charge in [-0.05, 0) is 18.9 Å². The molecule has 2 aliphatic heterocycles. The summed E-state index contributed by atoms with van der Waals surface area (Å²) in [6.07, 6.45) is -0.261. The molecule has 0 aromatic carbocycles. The third-order valence-electron chi connectivity index (χ3n) is 3.32. The number of hydrogen-bond acceptors (Lipinski definition) is 6.